The Morgan fingerprint density at radius 1 is 1.19 bits per heavy atom. The summed E-state index contributed by atoms with van der Waals surface area (Å²) in [6.45, 7) is 8.19. The summed E-state index contributed by atoms with van der Waals surface area (Å²) in [4.78, 5) is 17.0. The molecular formula is C21H25ClN2O3. The van der Waals surface area contributed by atoms with E-state index in [0.717, 1.165) is 19.6 Å². The van der Waals surface area contributed by atoms with Crippen LogP contribution in [0.1, 0.15) is 28.4 Å². The van der Waals surface area contributed by atoms with Crippen LogP contribution in [0.4, 0.5) is 0 Å². The van der Waals surface area contributed by atoms with Crippen LogP contribution in [0.5, 0.6) is 11.5 Å². The maximum absolute atomic E-state index is 12.9. The number of benzene rings is 2. The Bertz CT molecular complexity index is 817. The van der Waals surface area contributed by atoms with Gasteiger partial charge in [0.05, 0.1) is 11.6 Å². The summed E-state index contributed by atoms with van der Waals surface area (Å²) in [7, 11) is 0. The topological polar surface area (TPSA) is 53.0 Å². The number of ether oxygens (including phenoxy) is 1. The summed E-state index contributed by atoms with van der Waals surface area (Å²) < 4.78 is 5.38. The molecule has 0 bridgehead atoms. The molecule has 0 atom stereocenters. The number of aromatic hydroxyl groups is 1. The van der Waals surface area contributed by atoms with Gasteiger partial charge in [-0.25, -0.2) is 0 Å². The van der Waals surface area contributed by atoms with E-state index in [1.165, 1.54) is 17.2 Å². The summed E-state index contributed by atoms with van der Waals surface area (Å²) in [5.74, 6) is 0.0260. The molecule has 1 saturated heterocycles. The Labute approximate surface area is 165 Å². The lowest BCUT2D eigenvalue weighted by atomic mass is 10.1. The number of nitrogens with zero attached hydrogens (tertiary/aromatic N) is 2. The molecule has 1 aliphatic rings. The van der Waals surface area contributed by atoms with Crippen molar-refractivity contribution in [3.8, 4) is 11.5 Å². The number of hydrogen-bond donors (Lipinski definition) is 1. The Morgan fingerprint density at radius 3 is 2.56 bits per heavy atom. The van der Waals surface area contributed by atoms with Gasteiger partial charge >= 0.3 is 0 Å². The van der Waals surface area contributed by atoms with Crippen molar-refractivity contribution in [2.45, 2.75) is 20.4 Å². The lowest BCUT2D eigenvalue weighted by Gasteiger charge is -2.35. The van der Waals surface area contributed by atoms with Crippen LogP contribution in [0.3, 0.4) is 0 Å². The highest BCUT2D eigenvalue weighted by Crippen LogP contribution is 2.35. The first-order valence-electron chi connectivity index (χ1n) is 9.21. The molecule has 0 saturated carbocycles. The molecule has 27 heavy (non-hydrogen) atoms. The van der Waals surface area contributed by atoms with Crippen molar-refractivity contribution in [1.29, 1.82) is 0 Å². The molecule has 0 unspecified atom stereocenters. The fraction of sp³-hybridized carbons (Fsp3) is 0.381. The van der Waals surface area contributed by atoms with Gasteiger partial charge in [-0.1, -0.05) is 35.9 Å². The van der Waals surface area contributed by atoms with Crippen molar-refractivity contribution in [3.63, 3.8) is 0 Å². The van der Waals surface area contributed by atoms with Gasteiger partial charge in [0.25, 0.3) is 5.91 Å². The van der Waals surface area contributed by atoms with Crippen molar-refractivity contribution in [3.05, 3.63) is 58.1 Å². The molecule has 1 N–H and O–H groups in total. The number of hydrogen-bond acceptors (Lipinski definition) is 4. The average Bonchev–Trinajstić information content (AvgIpc) is 2.67. The quantitative estimate of drug-likeness (QED) is 0.848. The maximum atomic E-state index is 12.9. The van der Waals surface area contributed by atoms with E-state index in [0.29, 0.717) is 25.3 Å². The number of phenolic OH excluding ortho intramolecular Hbond substituents is 1. The van der Waals surface area contributed by atoms with Crippen molar-refractivity contribution < 1.29 is 14.6 Å². The molecule has 0 aromatic heterocycles. The standard InChI is InChI=1S/C21H25ClN2O3/c1-3-27-19-13-17(12-18(22)20(19)25)21(26)24-10-8-23(9-11-24)14-16-7-5-4-6-15(16)2/h4-7,12-13,25H,3,8-11,14H2,1-2H3. The molecule has 0 spiro atoms. The number of aryl methyl sites for hydroxylation is 1. The first kappa shape index (κ1) is 19.5. The van der Waals surface area contributed by atoms with Crippen LogP contribution < -0.4 is 4.74 Å². The zero-order valence-electron chi connectivity index (χ0n) is 15.7. The minimum Gasteiger partial charge on any atom is -0.503 e. The third kappa shape index (κ3) is 4.54. The zero-order valence-corrected chi connectivity index (χ0v) is 16.5. The van der Waals surface area contributed by atoms with E-state index < -0.39 is 0 Å². The molecule has 1 heterocycles. The molecule has 2 aromatic carbocycles. The second kappa shape index (κ2) is 8.63. The summed E-state index contributed by atoms with van der Waals surface area (Å²) in [6.07, 6.45) is 0. The molecular weight excluding hydrogens is 364 g/mol. The molecule has 0 aliphatic carbocycles. The molecule has 6 heteroatoms. The van der Waals surface area contributed by atoms with E-state index in [9.17, 15) is 9.90 Å². The van der Waals surface area contributed by atoms with E-state index in [4.69, 9.17) is 16.3 Å². The Hall–Kier alpha value is -2.24. The number of amides is 1. The summed E-state index contributed by atoms with van der Waals surface area (Å²) in [6, 6.07) is 11.5. The average molecular weight is 389 g/mol. The monoisotopic (exact) mass is 388 g/mol. The highest BCUT2D eigenvalue weighted by molar-refractivity contribution is 6.32. The second-order valence-electron chi connectivity index (χ2n) is 6.73. The molecule has 2 aromatic rings. The van der Waals surface area contributed by atoms with Gasteiger partial charge in [0.1, 0.15) is 0 Å². The van der Waals surface area contributed by atoms with Gasteiger partial charge in [0.2, 0.25) is 0 Å². The van der Waals surface area contributed by atoms with Gasteiger partial charge in [0, 0.05) is 38.3 Å². The fourth-order valence-electron chi connectivity index (χ4n) is 3.28. The van der Waals surface area contributed by atoms with Gasteiger partial charge in [0.15, 0.2) is 11.5 Å². The lowest BCUT2D eigenvalue weighted by molar-refractivity contribution is 0.0627. The Balaban J connectivity index is 1.64. The highest BCUT2D eigenvalue weighted by Gasteiger charge is 2.24. The number of phenols is 1. The van der Waals surface area contributed by atoms with E-state index in [1.807, 2.05) is 11.8 Å². The molecule has 5 nitrogen and oxygen atoms in total. The lowest BCUT2D eigenvalue weighted by Crippen LogP contribution is -2.48. The van der Waals surface area contributed by atoms with Crippen LogP contribution in [0.2, 0.25) is 5.02 Å². The molecule has 0 radical (unpaired) electrons. The van der Waals surface area contributed by atoms with Crippen LogP contribution >= 0.6 is 11.6 Å². The minimum atomic E-state index is -0.127. The van der Waals surface area contributed by atoms with Gasteiger partial charge in [-0.05, 0) is 37.1 Å². The van der Waals surface area contributed by atoms with E-state index in [2.05, 4.69) is 36.1 Å². The van der Waals surface area contributed by atoms with Gasteiger partial charge < -0.3 is 14.7 Å². The normalized spacial score (nSPS) is 15.0. The fourth-order valence-corrected chi connectivity index (χ4v) is 3.49. The third-order valence-corrected chi connectivity index (χ3v) is 5.18. The van der Waals surface area contributed by atoms with Crippen LogP contribution in [-0.4, -0.2) is 53.6 Å². The van der Waals surface area contributed by atoms with Crippen molar-refractivity contribution >= 4 is 17.5 Å². The van der Waals surface area contributed by atoms with Crippen LogP contribution in [0.15, 0.2) is 36.4 Å². The summed E-state index contributed by atoms with van der Waals surface area (Å²) in [5.41, 5.74) is 3.05. The highest BCUT2D eigenvalue weighted by atomic mass is 35.5. The minimum absolute atomic E-state index is 0.0894. The third-order valence-electron chi connectivity index (χ3n) is 4.89. The second-order valence-corrected chi connectivity index (χ2v) is 7.14. The smallest absolute Gasteiger partial charge is 0.254 e. The van der Waals surface area contributed by atoms with E-state index in [1.54, 1.807) is 6.07 Å². The molecule has 1 fully saturated rings. The molecule has 3 rings (SSSR count). The predicted octanol–water partition coefficient (Wildman–Crippen LogP) is 3.71. The van der Waals surface area contributed by atoms with E-state index >= 15 is 0 Å². The summed E-state index contributed by atoms with van der Waals surface area (Å²) in [5, 5.41) is 10.1. The summed E-state index contributed by atoms with van der Waals surface area (Å²) >= 11 is 6.06. The van der Waals surface area contributed by atoms with Gasteiger partial charge in [-0.15, -0.1) is 0 Å². The molecule has 1 amide bonds. The molecule has 1 aliphatic heterocycles. The van der Waals surface area contributed by atoms with Gasteiger partial charge in [-0.2, -0.15) is 0 Å². The largest absolute Gasteiger partial charge is 0.503 e. The van der Waals surface area contributed by atoms with E-state index in [-0.39, 0.29) is 22.4 Å². The van der Waals surface area contributed by atoms with Crippen molar-refractivity contribution in [1.82, 2.24) is 9.80 Å². The Morgan fingerprint density at radius 2 is 1.89 bits per heavy atom. The van der Waals surface area contributed by atoms with Crippen molar-refractivity contribution in [2.75, 3.05) is 32.8 Å². The maximum Gasteiger partial charge on any atom is 0.254 e. The first-order chi connectivity index (χ1) is 13.0. The Kier molecular flexibility index (Phi) is 6.24. The van der Waals surface area contributed by atoms with Crippen LogP contribution in [0.25, 0.3) is 0 Å². The van der Waals surface area contributed by atoms with Crippen LogP contribution in [-0.2, 0) is 6.54 Å². The number of rotatable bonds is 5. The SMILES string of the molecule is CCOc1cc(C(=O)N2CCN(Cc3ccccc3C)CC2)cc(Cl)c1O. The van der Waals surface area contributed by atoms with Crippen molar-refractivity contribution in [2.24, 2.45) is 0 Å². The number of halogens is 1. The van der Waals surface area contributed by atoms with Crippen LogP contribution in [0, 0.1) is 6.92 Å². The van der Waals surface area contributed by atoms with Gasteiger partial charge in [-0.3, -0.25) is 9.69 Å². The number of carbonyl (C=O) groups is 1. The number of piperazine rings is 1. The predicted molar refractivity (Wildman–Crippen MR) is 107 cm³/mol. The zero-order chi connectivity index (χ0) is 19.4. The first-order valence-corrected chi connectivity index (χ1v) is 9.58. The number of carbonyl (C=O) groups excluding carboxylic acids is 1. The molecule has 144 valence electrons.